The van der Waals surface area contributed by atoms with Gasteiger partial charge in [0.25, 0.3) is 0 Å². The second-order valence-corrected chi connectivity index (χ2v) is 5.55. The van der Waals surface area contributed by atoms with Crippen molar-refractivity contribution in [1.29, 1.82) is 0 Å². The van der Waals surface area contributed by atoms with E-state index in [4.69, 9.17) is 14.2 Å². The number of ether oxygens (including phenoxy) is 3. The highest BCUT2D eigenvalue weighted by Gasteiger charge is 2.40. The highest BCUT2D eigenvalue weighted by atomic mass is 16.7. The average molecular weight is 241 g/mol. The first-order chi connectivity index (χ1) is 8.26. The van der Waals surface area contributed by atoms with Gasteiger partial charge in [0.05, 0.1) is 25.4 Å². The van der Waals surface area contributed by atoms with E-state index in [1.165, 1.54) is 12.8 Å². The minimum atomic E-state index is -0.236. The maximum Gasteiger partial charge on any atom is 0.170 e. The molecule has 3 heterocycles. The normalized spacial score (nSPS) is 37.9. The van der Waals surface area contributed by atoms with Crippen LogP contribution < -0.4 is 0 Å². The monoisotopic (exact) mass is 241 g/mol. The Morgan fingerprint density at radius 2 is 1.82 bits per heavy atom. The van der Waals surface area contributed by atoms with E-state index in [1.807, 2.05) is 0 Å². The van der Waals surface area contributed by atoms with E-state index < -0.39 is 0 Å². The van der Waals surface area contributed by atoms with Crippen molar-refractivity contribution in [3.05, 3.63) is 0 Å². The van der Waals surface area contributed by atoms with Crippen LogP contribution in [-0.2, 0) is 14.2 Å². The molecular weight excluding hydrogens is 218 g/mol. The maximum atomic E-state index is 5.88. The first-order valence-electron chi connectivity index (χ1n) is 6.91. The summed E-state index contributed by atoms with van der Waals surface area (Å²) in [6.45, 7) is 6.95. The lowest BCUT2D eigenvalue weighted by Crippen LogP contribution is -2.47. The molecule has 0 N–H and O–H groups in total. The van der Waals surface area contributed by atoms with Crippen LogP contribution in [0.3, 0.4) is 0 Å². The molecule has 3 aliphatic rings. The molecule has 3 saturated heterocycles. The van der Waals surface area contributed by atoms with Gasteiger partial charge in [-0.2, -0.15) is 0 Å². The molecule has 0 aromatic heterocycles. The molecule has 3 fully saturated rings. The molecule has 4 nitrogen and oxygen atoms in total. The first kappa shape index (κ1) is 11.9. The molecule has 1 spiro atoms. The van der Waals surface area contributed by atoms with Crippen molar-refractivity contribution in [2.75, 3.05) is 32.8 Å². The molecule has 3 aliphatic heterocycles. The van der Waals surface area contributed by atoms with E-state index in [2.05, 4.69) is 11.8 Å². The van der Waals surface area contributed by atoms with E-state index in [-0.39, 0.29) is 5.79 Å². The minimum absolute atomic E-state index is 0.236. The van der Waals surface area contributed by atoms with E-state index in [0.717, 1.165) is 45.7 Å². The Balaban J connectivity index is 1.45. The molecule has 98 valence electrons. The van der Waals surface area contributed by atoms with Crippen molar-refractivity contribution in [3.8, 4) is 0 Å². The van der Waals surface area contributed by atoms with Crippen molar-refractivity contribution in [2.45, 2.75) is 50.6 Å². The van der Waals surface area contributed by atoms with E-state index in [9.17, 15) is 0 Å². The third-order valence-electron chi connectivity index (χ3n) is 4.21. The lowest BCUT2D eigenvalue weighted by molar-refractivity contribution is -0.186. The van der Waals surface area contributed by atoms with Crippen molar-refractivity contribution in [3.63, 3.8) is 0 Å². The van der Waals surface area contributed by atoms with Gasteiger partial charge in [-0.1, -0.05) is 0 Å². The van der Waals surface area contributed by atoms with Gasteiger partial charge in [0, 0.05) is 32.5 Å². The van der Waals surface area contributed by atoms with Gasteiger partial charge in [-0.05, 0) is 19.8 Å². The number of hydrogen-bond acceptors (Lipinski definition) is 4. The lowest BCUT2D eigenvalue weighted by Gasteiger charge is -2.38. The molecule has 0 amide bonds. The van der Waals surface area contributed by atoms with Gasteiger partial charge in [-0.15, -0.1) is 0 Å². The molecular formula is C13H23NO3. The van der Waals surface area contributed by atoms with Gasteiger partial charge in [-0.25, -0.2) is 0 Å². The van der Waals surface area contributed by atoms with Gasteiger partial charge in [-0.3, -0.25) is 0 Å². The predicted molar refractivity (Wildman–Crippen MR) is 63.9 cm³/mol. The topological polar surface area (TPSA) is 30.9 Å². The Labute approximate surface area is 103 Å². The van der Waals surface area contributed by atoms with Gasteiger partial charge in [0.1, 0.15) is 0 Å². The molecule has 0 aliphatic carbocycles. The first-order valence-corrected chi connectivity index (χ1v) is 6.91. The second-order valence-electron chi connectivity index (χ2n) is 5.55. The summed E-state index contributed by atoms with van der Waals surface area (Å²) < 4.78 is 17.4. The van der Waals surface area contributed by atoms with Crippen LogP contribution in [0, 0.1) is 0 Å². The number of rotatable bonds is 2. The molecule has 2 unspecified atom stereocenters. The summed E-state index contributed by atoms with van der Waals surface area (Å²) in [7, 11) is 0. The van der Waals surface area contributed by atoms with E-state index in [1.54, 1.807) is 0 Å². The van der Waals surface area contributed by atoms with Crippen LogP contribution >= 0.6 is 0 Å². The smallest absolute Gasteiger partial charge is 0.170 e. The standard InChI is InChI=1S/C13H23NO3/c1-11-2-3-12(17-11)10-14-6-4-13(5-7-14)15-8-9-16-13/h11-12H,2-10H2,1H3. The zero-order chi connectivity index (χ0) is 11.7. The van der Waals surface area contributed by atoms with E-state index >= 15 is 0 Å². The molecule has 0 saturated carbocycles. The zero-order valence-corrected chi connectivity index (χ0v) is 10.7. The quantitative estimate of drug-likeness (QED) is 0.731. The van der Waals surface area contributed by atoms with Crippen molar-refractivity contribution < 1.29 is 14.2 Å². The van der Waals surface area contributed by atoms with Crippen LogP contribution in [-0.4, -0.2) is 55.7 Å². The molecule has 2 atom stereocenters. The second kappa shape index (κ2) is 4.84. The number of hydrogen-bond donors (Lipinski definition) is 0. The van der Waals surface area contributed by atoms with Crippen LogP contribution in [0.2, 0.25) is 0 Å². The predicted octanol–water partition coefficient (Wildman–Crippen LogP) is 1.39. The van der Waals surface area contributed by atoms with Crippen molar-refractivity contribution in [2.24, 2.45) is 0 Å². The number of nitrogens with zero attached hydrogens (tertiary/aromatic N) is 1. The SMILES string of the molecule is CC1CCC(CN2CCC3(CC2)OCCO3)O1. The van der Waals surface area contributed by atoms with Gasteiger partial charge >= 0.3 is 0 Å². The third kappa shape index (κ3) is 2.65. The summed E-state index contributed by atoms with van der Waals surface area (Å²) in [5.41, 5.74) is 0. The molecule has 3 rings (SSSR count). The zero-order valence-electron chi connectivity index (χ0n) is 10.7. The van der Waals surface area contributed by atoms with Crippen LogP contribution in [0.1, 0.15) is 32.6 Å². The molecule has 4 heteroatoms. The van der Waals surface area contributed by atoms with Crippen LogP contribution in [0.25, 0.3) is 0 Å². The third-order valence-corrected chi connectivity index (χ3v) is 4.21. The molecule has 0 aromatic carbocycles. The Kier molecular flexibility index (Phi) is 3.39. The van der Waals surface area contributed by atoms with E-state index in [0.29, 0.717) is 12.2 Å². The fraction of sp³-hybridized carbons (Fsp3) is 1.00. The minimum Gasteiger partial charge on any atom is -0.374 e. The summed E-state index contributed by atoms with van der Waals surface area (Å²) in [6, 6.07) is 0. The fourth-order valence-corrected chi connectivity index (χ4v) is 3.17. The highest BCUT2D eigenvalue weighted by Crippen LogP contribution is 2.31. The summed E-state index contributed by atoms with van der Waals surface area (Å²) in [5.74, 6) is -0.236. The Morgan fingerprint density at radius 3 is 2.41 bits per heavy atom. The largest absolute Gasteiger partial charge is 0.374 e. The van der Waals surface area contributed by atoms with Gasteiger partial charge in [0.15, 0.2) is 5.79 Å². The summed E-state index contributed by atoms with van der Waals surface area (Å²) in [4.78, 5) is 2.50. The Hall–Kier alpha value is -0.160. The number of piperidine rings is 1. The Morgan fingerprint density at radius 1 is 1.12 bits per heavy atom. The highest BCUT2D eigenvalue weighted by molar-refractivity contribution is 4.84. The summed E-state index contributed by atoms with van der Waals surface area (Å²) >= 11 is 0. The van der Waals surface area contributed by atoms with Crippen molar-refractivity contribution in [1.82, 2.24) is 4.90 Å². The fourth-order valence-electron chi connectivity index (χ4n) is 3.17. The lowest BCUT2D eigenvalue weighted by atomic mass is 10.0. The molecule has 0 aromatic rings. The molecule has 0 bridgehead atoms. The summed E-state index contributed by atoms with van der Waals surface area (Å²) in [5, 5.41) is 0. The van der Waals surface area contributed by atoms with Crippen molar-refractivity contribution >= 4 is 0 Å². The van der Waals surface area contributed by atoms with Crippen LogP contribution in [0.5, 0.6) is 0 Å². The van der Waals surface area contributed by atoms with Gasteiger partial charge < -0.3 is 19.1 Å². The summed E-state index contributed by atoms with van der Waals surface area (Å²) in [6.07, 6.45) is 5.36. The van der Waals surface area contributed by atoms with Gasteiger partial charge in [0.2, 0.25) is 0 Å². The van der Waals surface area contributed by atoms with Crippen LogP contribution in [0.15, 0.2) is 0 Å². The molecule has 0 radical (unpaired) electrons. The van der Waals surface area contributed by atoms with Crippen LogP contribution in [0.4, 0.5) is 0 Å². The number of likely N-dealkylation sites (tertiary alicyclic amines) is 1. The Bertz CT molecular complexity index is 255. The average Bonchev–Trinajstić information content (AvgIpc) is 2.93. The molecule has 17 heavy (non-hydrogen) atoms. The maximum absolute atomic E-state index is 5.88.